The summed E-state index contributed by atoms with van der Waals surface area (Å²) in [5.74, 6) is -0.779. The minimum atomic E-state index is -1.00. The quantitative estimate of drug-likeness (QED) is 0.319. The van der Waals surface area contributed by atoms with Crippen LogP contribution in [0.2, 0.25) is 10.2 Å². The Bertz CT molecular complexity index is 1350. The fourth-order valence-corrected chi connectivity index (χ4v) is 4.23. The van der Waals surface area contributed by atoms with E-state index in [-0.39, 0.29) is 34.3 Å². The highest BCUT2D eigenvalue weighted by molar-refractivity contribution is 9.10. The molecule has 0 aliphatic carbocycles. The van der Waals surface area contributed by atoms with Crippen molar-refractivity contribution in [3.8, 4) is 0 Å². The molecule has 0 spiro atoms. The van der Waals surface area contributed by atoms with E-state index in [0.29, 0.717) is 16.3 Å². The Morgan fingerprint density at radius 2 is 1.97 bits per heavy atom. The molecule has 0 aliphatic rings. The maximum absolute atomic E-state index is 12.9. The highest BCUT2D eigenvalue weighted by Crippen LogP contribution is 2.31. The molecule has 0 radical (unpaired) electrons. The van der Waals surface area contributed by atoms with Crippen LogP contribution >= 0.6 is 39.1 Å². The zero-order valence-electron chi connectivity index (χ0n) is 20.9. The molecule has 0 fully saturated rings. The molecule has 3 aromatic rings. The van der Waals surface area contributed by atoms with Crippen LogP contribution in [0.1, 0.15) is 34.8 Å². The van der Waals surface area contributed by atoms with Crippen LogP contribution in [-0.4, -0.2) is 53.4 Å². The first-order valence-electron chi connectivity index (χ1n) is 11.2. The minimum Gasteiger partial charge on any atom is -0.460 e. The lowest BCUT2D eigenvalue weighted by atomic mass is 10.2. The Labute approximate surface area is 237 Å². The lowest BCUT2D eigenvalue weighted by Crippen LogP contribution is -2.31. The Morgan fingerprint density at radius 3 is 2.66 bits per heavy atom. The van der Waals surface area contributed by atoms with Gasteiger partial charge in [-0.2, -0.15) is 5.10 Å². The first-order valence-corrected chi connectivity index (χ1v) is 12.8. The number of hydrogen-bond acceptors (Lipinski definition) is 8. The number of amides is 2. The summed E-state index contributed by atoms with van der Waals surface area (Å²) in [6.07, 6.45) is -0.285. The van der Waals surface area contributed by atoms with Gasteiger partial charge in [-0.05, 0) is 60.6 Å². The van der Waals surface area contributed by atoms with Crippen molar-refractivity contribution in [2.24, 2.45) is 0 Å². The summed E-state index contributed by atoms with van der Waals surface area (Å²) in [4.78, 5) is 42.9. The number of carbonyl (C=O) groups excluding carboxylic acids is 3. The van der Waals surface area contributed by atoms with E-state index in [2.05, 4.69) is 36.6 Å². The van der Waals surface area contributed by atoms with Gasteiger partial charge in [-0.1, -0.05) is 35.3 Å². The van der Waals surface area contributed by atoms with Crippen LogP contribution in [0.25, 0.3) is 0 Å². The van der Waals surface area contributed by atoms with Gasteiger partial charge >= 0.3 is 12.1 Å². The van der Waals surface area contributed by atoms with Crippen molar-refractivity contribution < 1.29 is 23.9 Å². The molecule has 0 aliphatic heterocycles. The maximum Gasteiger partial charge on any atom is 0.417 e. The second-order valence-corrected chi connectivity index (χ2v) is 9.61. The van der Waals surface area contributed by atoms with Gasteiger partial charge in [-0.15, -0.1) is 0 Å². The van der Waals surface area contributed by atoms with Crippen molar-refractivity contribution >= 4 is 68.6 Å². The largest absolute Gasteiger partial charge is 0.460 e. The Kier molecular flexibility index (Phi) is 10.1. The lowest BCUT2D eigenvalue weighted by molar-refractivity contribution is -0.143. The number of anilines is 2. The molecule has 3 rings (SSSR count). The predicted molar refractivity (Wildman–Crippen MR) is 147 cm³/mol. The van der Waals surface area contributed by atoms with E-state index in [4.69, 9.17) is 32.7 Å². The molecule has 11 nitrogen and oxygen atoms in total. The van der Waals surface area contributed by atoms with E-state index in [1.165, 1.54) is 24.9 Å². The van der Waals surface area contributed by atoms with Crippen molar-refractivity contribution in [2.45, 2.75) is 26.7 Å². The van der Waals surface area contributed by atoms with Gasteiger partial charge < -0.3 is 20.1 Å². The third-order valence-electron chi connectivity index (χ3n) is 5.17. The fraction of sp³-hybridized carbons (Fsp3) is 0.292. The summed E-state index contributed by atoms with van der Waals surface area (Å²) in [5.41, 5.74) is 1.81. The summed E-state index contributed by atoms with van der Waals surface area (Å²) in [6, 6.07) is 8.53. The minimum absolute atomic E-state index is 0.0294. The second-order valence-electron chi connectivity index (χ2n) is 8.05. The summed E-state index contributed by atoms with van der Waals surface area (Å²) >= 11 is 15.9. The molecule has 1 aromatic carbocycles. The average Bonchev–Trinajstić information content (AvgIpc) is 3.18. The molecule has 1 unspecified atom stereocenters. The van der Waals surface area contributed by atoms with E-state index in [1.54, 1.807) is 37.4 Å². The van der Waals surface area contributed by atoms with E-state index in [1.807, 2.05) is 6.92 Å². The van der Waals surface area contributed by atoms with Crippen LogP contribution in [0.15, 0.2) is 41.0 Å². The number of esters is 1. The predicted octanol–water partition coefficient (Wildman–Crippen LogP) is 4.96. The van der Waals surface area contributed by atoms with Crippen LogP contribution in [0.5, 0.6) is 0 Å². The molecule has 1 atom stereocenters. The van der Waals surface area contributed by atoms with Crippen molar-refractivity contribution in [3.63, 3.8) is 0 Å². The number of nitrogens with zero attached hydrogens (tertiary/aromatic N) is 4. The van der Waals surface area contributed by atoms with Crippen LogP contribution in [-0.2, 0) is 20.9 Å². The standard InChI is InChI=1S/C24H25BrCl2N6O5/c1-13-7-8-17(16(26)10-13)30-23(35)20-19(25)21(27)33(31-20)14(2)38-24(36)32(4)22-15(6-5-9-29-22)12-37-18(34)11-28-3/h5-10,14,28H,11-12H2,1-4H3,(H,30,35). The molecule has 2 N–H and O–H groups in total. The number of aromatic nitrogens is 3. The SMILES string of the molecule is CNCC(=O)OCc1cccnc1N(C)C(=O)OC(C)n1nc(C(=O)Nc2ccc(C)cc2Cl)c(Br)c1Cl. The molecule has 2 heterocycles. The number of rotatable bonds is 9. The molecule has 202 valence electrons. The van der Waals surface area contributed by atoms with E-state index < -0.39 is 24.2 Å². The molecular formula is C24H25BrCl2N6O5. The summed E-state index contributed by atoms with van der Waals surface area (Å²) in [6.45, 7) is 3.38. The summed E-state index contributed by atoms with van der Waals surface area (Å²) < 4.78 is 12.1. The number of likely N-dealkylation sites (N-methyl/N-ethyl adjacent to an activating group) is 1. The van der Waals surface area contributed by atoms with Crippen molar-refractivity contribution in [1.82, 2.24) is 20.1 Å². The second kappa shape index (κ2) is 13.1. The van der Waals surface area contributed by atoms with E-state index >= 15 is 0 Å². The van der Waals surface area contributed by atoms with Gasteiger partial charge in [-0.25, -0.2) is 14.5 Å². The van der Waals surface area contributed by atoms with Crippen molar-refractivity contribution in [1.29, 1.82) is 0 Å². The normalized spacial score (nSPS) is 11.6. The molecular weight excluding hydrogens is 603 g/mol. The van der Waals surface area contributed by atoms with Crippen LogP contribution in [0.4, 0.5) is 16.3 Å². The van der Waals surface area contributed by atoms with E-state index in [0.717, 1.165) is 10.5 Å². The number of pyridine rings is 1. The lowest BCUT2D eigenvalue weighted by Gasteiger charge is -2.22. The van der Waals surface area contributed by atoms with Crippen molar-refractivity contribution in [3.05, 3.63) is 68.0 Å². The summed E-state index contributed by atoms with van der Waals surface area (Å²) in [7, 11) is 3.09. The highest BCUT2D eigenvalue weighted by Gasteiger charge is 2.27. The smallest absolute Gasteiger partial charge is 0.417 e. The van der Waals surface area contributed by atoms with Crippen LogP contribution in [0, 0.1) is 6.92 Å². The monoisotopic (exact) mass is 626 g/mol. The Balaban J connectivity index is 1.73. The van der Waals surface area contributed by atoms with Gasteiger partial charge in [0, 0.05) is 18.8 Å². The number of benzene rings is 1. The van der Waals surface area contributed by atoms with Crippen LogP contribution < -0.4 is 15.5 Å². The fourth-order valence-electron chi connectivity index (χ4n) is 3.24. The van der Waals surface area contributed by atoms with Crippen molar-refractivity contribution in [2.75, 3.05) is 30.9 Å². The number of ether oxygens (including phenoxy) is 2. The number of carbonyl (C=O) groups is 3. The van der Waals surface area contributed by atoms with Gasteiger partial charge in [-0.3, -0.25) is 14.5 Å². The average molecular weight is 628 g/mol. The molecule has 0 bridgehead atoms. The molecule has 0 saturated carbocycles. The first-order chi connectivity index (χ1) is 18.0. The first kappa shape index (κ1) is 29.4. The maximum atomic E-state index is 12.9. The zero-order chi connectivity index (χ0) is 28.0. The van der Waals surface area contributed by atoms with Gasteiger partial charge in [0.15, 0.2) is 11.9 Å². The number of halogens is 3. The van der Waals surface area contributed by atoms with E-state index in [9.17, 15) is 14.4 Å². The molecule has 0 saturated heterocycles. The van der Waals surface area contributed by atoms with Gasteiger partial charge in [0.2, 0.25) is 0 Å². The third kappa shape index (κ3) is 7.01. The van der Waals surface area contributed by atoms with Gasteiger partial charge in [0.25, 0.3) is 5.91 Å². The molecule has 2 aromatic heterocycles. The van der Waals surface area contributed by atoms with Gasteiger partial charge in [0.1, 0.15) is 17.6 Å². The summed E-state index contributed by atoms with van der Waals surface area (Å²) in [5, 5.41) is 10.0. The molecule has 2 amide bonds. The number of aryl methyl sites for hydroxylation is 1. The Morgan fingerprint density at radius 1 is 1.24 bits per heavy atom. The zero-order valence-corrected chi connectivity index (χ0v) is 24.0. The topological polar surface area (TPSA) is 128 Å². The Hall–Kier alpha value is -3.19. The van der Waals surface area contributed by atoms with Crippen LogP contribution in [0.3, 0.4) is 0 Å². The highest BCUT2D eigenvalue weighted by atomic mass is 79.9. The van der Waals surface area contributed by atoms with Gasteiger partial charge in [0.05, 0.1) is 21.7 Å². The molecule has 38 heavy (non-hydrogen) atoms. The third-order valence-corrected chi connectivity index (χ3v) is 6.82. The number of hydrogen-bond donors (Lipinski definition) is 2. The number of nitrogens with one attached hydrogen (secondary N) is 2. The molecule has 14 heteroatoms.